The Kier molecular flexibility index (Phi) is 21.4. The maximum atomic E-state index is 13.5. The van der Waals surface area contributed by atoms with E-state index in [1.54, 1.807) is 46.5 Å². The van der Waals surface area contributed by atoms with Crippen LogP contribution in [-0.2, 0) is 32.2 Å². The molecular formula is C80H80Cl5N11O3S. The summed E-state index contributed by atoms with van der Waals surface area (Å²) in [6.07, 6.45) is 19.3. The number of hydrogen-bond donors (Lipinski definition) is 4. The molecule has 14 nitrogen and oxygen atoms in total. The van der Waals surface area contributed by atoms with Gasteiger partial charge in [0.25, 0.3) is 11.8 Å². The Labute approximate surface area is 613 Å². The van der Waals surface area contributed by atoms with Crippen molar-refractivity contribution < 1.29 is 14.4 Å². The Balaban J connectivity index is 0.000000135. The number of nitrogens with zero attached hydrogens (tertiary/aromatic N) is 7. The number of hydrogen-bond acceptors (Lipinski definition) is 8. The fourth-order valence-corrected chi connectivity index (χ4v) is 17.2. The number of carbonyl (C=O) groups is 3. The van der Waals surface area contributed by atoms with Crippen LogP contribution in [0, 0.1) is 16.7 Å². The molecule has 5 aromatic heterocycles. The first-order chi connectivity index (χ1) is 48.3. The molecule has 4 amide bonds. The van der Waals surface area contributed by atoms with Crippen LogP contribution in [0.4, 0.5) is 10.6 Å². The number of benzene rings is 5. The predicted molar refractivity (Wildman–Crippen MR) is 407 cm³/mol. The second kappa shape index (κ2) is 30.5. The van der Waals surface area contributed by atoms with Gasteiger partial charge in [0.15, 0.2) is 17.2 Å². The van der Waals surface area contributed by atoms with Gasteiger partial charge in [0.05, 0.1) is 57.1 Å². The Hall–Kier alpha value is -8.28. The topological polar surface area (TPSA) is 166 Å². The highest BCUT2D eigenvalue weighted by Gasteiger charge is 2.60. The van der Waals surface area contributed by atoms with Gasteiger partial charge in [-0.15, -0.1) is 0 Å². The highest BCUT2D eigenvalue weighted by Crippen LogP contribution is 2.62. The molecule has 514 valence electrons. The maximum absolute atomic E-state index is 13.5. The summed E-state index contributed by atoms with van der Waals surface area (Å²) in [6, 6.07) is 46.1. The van der Waals surface area contributed by atoms with Crippen LogP contribution in [0.2, 0.25) is 25.1 Å². The molecule has 2 fully saturated rings. The van der Waals surface area contributed by atoms with Crippen LogP contribution < -0.4 is 21.3 Å². The van der Waals surface area contributed by atoms with Crippen LogP contribution in [0.5, 0.6) is 0 Å². The predicted octanol–water partition coefficient (Wildman–Crippen LogP) is 20.4. The molecule has 0 radical (unpaired) electrons. The molecule has 0 aliphatic heterocycles. The minimum Gasteiger partial charge on any atom is -0.344 e. The van der Waals surface area contributed by atoms with Crippen LogP contribution in [0.1, 0.15) is 187 Å². The number of thiophene rings is 1. The van der Waals surface area contributed by atoms with Crippen molar-refractivity contribution in [3.05, 3.63) is 261 Å². The van der Waals surface area contributed by atoms with Crippen molar-refractivity contribution in [3.8, 4) is 11.4 Å². The number of nitrogens with one attached hydrogen (secondary N) is 4. The summed E-state index contributed by atoms with van der Waals surface area (Å²) in [6.45, 7) is 11.6. The number of allylic oxidation sites excluding steroid dienone is 2. The average molecular weight is 1450 g/mol. The molecular weight excluding hydrogens is 1370 g/mol. The summed E-state index contributed by atoms with van der Waals surface area (Å²) >= 11 is 33.2. The van der Waals surface area contributed by atoms with E-state index in [2.05, 4.69) is 105 Å². The van der Waals surface area contributed by atoms with Crippen molar-refractivity contribution >= 4 is 116 Å². The van der Waals surface area contributed by atoms with E-state index < -0.39 is 0 Å². The molecule has 5 heterocycles. The summed E-state index contributed by atoms with van der Waals surface area (Å²) < 4.78 is 5.69. The monoisotopic (exact) mass is 1450 g/mol. The third-order valence-electron chi connectivity index (χ3n) is 20.5. The molecule has 5 atom stereocenters. The summed E-state index contributed by atoms with van der Waals surface area (Å²) in [4.78, 5) is 44.4. The molecule has 2 bridgehead atoms. The molecule has 0 spiro atoms. The molecule has 15 rings (SSSR count). The van der Waals surface area contributed by atoms with Crippen molar-refractivity contribution in [1.82, 2.24) is 50.3 Å². The fraction of sp³-hybridized carbons (Fsp3) is 0.312. The third kappa shape index (κ3) is 15.3. The van der Waals surface area contributed by atoms with Crippen LogP contribution >= 0.6 is 69.3 Å². The van der Waals surface area contributed by atoms with Gasteiger partial charge in [-0.3, -0.25) is 24.6 Å². The normalized spacial score (nSPS) is 19.2. The van der Waals surface area contributed by atoms with Gasteiger partial charge in [0, 0.05) is 49.7 Å². The second-order valence-corrected chi connectivity index (χ2v) is 30.6. The first-order valence-electron chi connectivity index (χ1n) is 34.4. The molecule has 100 heavy (non-hydrogen) atoms. The quantitative estimate of drug-likeness (QED) is 0.0841. The van der Waals surface area contributed by atoms with Gasteiger partial charge in [-0.2, -0.15) is 26.6 Å². The molecule has 0 saturated heterocycles. The van der Waals surface area contributed by atoms with Gasteiger partial charge in [-0.1, -0.05) is 158 Å². The number of amides is 4. The maximum Gasteiger partial charge on any atom is 0.320 e. The highest BCUT2D eigenvalue weighted by atomic mass is 35.5. The SMILES string of the molecule is CC(NC(=O)c1nn(-c2ccc(Cl)cc2Cl)c2c1CCC/C2=C\c1ccc(Cl)cc1)c1ccccn1.CC12CCC(C1)C(C)(C)C2NC(=O)Nc1nn(Cc2ccccc2)c2c1CCCC2.C[C@@H](NC(=O)c1nn(-c2ccc(Cl)cc2Cl)c2c1CCC/C2=C\c1ccsc1)c1ccccc1. The van der Waals surface area contributed by atoms with E-state index in [-0.39, 0.29) is 46.8 Å². The number of carbonyl (C=O) groups excluding carboxylic acids is 3. The van der Waals surface area contributed by atoms with Crippen LogP contribution in [0.25, 0.3) is 34.7 Å². The molecule has 4 N–H and O–H groups in total. The highest BCUT2D eigenvalue weighted by molar-refractivity contribution is 7.08. The number of urea groups is 1. The van der Waals surface area contributed by atoms with Gasteiger partial charge in [-0.25, -0.2) is 14.2 Å². The minimum absolute atomic E-state index is 0.0976. The summed E-state index contributed by atoms with van der Waals surface area (Å²) in [5, 5.41) is 34.0. The van der Waals surface area contributed by atoms with E-state index in [4.69, 9.17) is 73.3 Å². The number of anilines is 1. The summed E-state index contributed by atoms with van der Waals surface area (Å²) in [7, 11) is 0. The van der Waals surface area contributed by atoms with Gasteiger partial charge < -0.3 is 16.0 Å². The molecule has 5 aromatic carbocycles. The van der Waals surface area contributed by atoms with E-state index in [1.165, 1.54) is 42.5 Å². The van der Waals surface area contributed by atoms with Crippen molar-refractivity contribution in [1.29, 1.82) is 0 Å². The van der Waals surface area contributed by atoms with E-state index in [9.17, 15) is 14.4 Å². The lowest BCUT2D eigenvalue weighted by molar-refractivity contribution is 0.0924. The van der Waals surface area contributed by atoms with E-state index in [0.717, 1.165) is 126 Å². The van der Waals surface area contributed by atoms with Gasteiger partial charge in [0.1, 0.15) is 0 Å². The van der Waals surface area contributed by atoms with Crippen molar-refractivity contribution in [2.24, 2.45) is 16.7 Å². The van der Waals surface area contributed by atoms with Crippen LogP contribution in [0.3, 0.4) is 0 Å². The first kappa shape index (κ1) is 70.2. The average Bonchev–Trinajstić information content (AvgIpc) is 1.57. The first-order valence-corrected chi connectivity index (χ1v) is 37.2. The Bertz CT molecular complexity index is 4680. The van der Waals surface area contributed by atoms with Gasteiger partial charge in [-0.05, 0) is 237 Å². The second-order valence-electron chi connectivity index (χ2n) is 27.6. The summed E-state index contributed by atoms with van der Waals surface area (Å²) in [5.41, 5.74) is 16.2. The van der Waals surface area contributed by atoms with Crippen LogP contribution in [0.15, 0.2) is 163 Å². The van der Waals surface area contributed by atoms with Crippen molar-refractivity contribution in [2.75, 3.05) is 5.32 Å². The van der Waals surface area contributed by atoms with E-state index in [0.29, 0.717) is 53.8 Å². The number of fused-ring (bicyclic) bond motifs is 5. The molecule has 10 aromatic rings. The zero-order valence-corrected chi connectivity index (χ0v) is 61.2. The Morgan fingerprint density at radius 1 is 0.610 bits per heavy atom. The lowest BCUT2D eigenvalue weighted by Gasteiger charge is -2.42. The van der Waals surface area contributed by atoms with E-state index in [1.807, 2.05) is 110 Å². The van der Waals surface area contributed by atoms with Crippen molar-refractivity contribution in [2.45, 2.75) is 143 Å². The zero-order valence-electron chi connectivity index (χ0n) is 56.6. The fourth-order valence-electron chi connectivity index (χ4n) is 15.5. The smallest absolute Gasteiger partial charge is 0.320 e. The lowest BCUT2D eigenvalue weighted by atomic mass is 9.68. The molecule has 5 aliphatic carbocycles. The largest absolute Gasteiger partial charge is 0.344 e. The van der Waals surface area contributed by atoms with E-state index >= 15 is 0 Å². The number of aromatic nitrogens is 7. The number of rotatable bonds is 14. The minimum atomic E-state index is -0.272. The molecule has 2 saturated carbocycles. The number of pyridine rings is 1. The van der Waals surface area contributed by atoms with Crippen LogP contribution in [-0.4, -0.2) is 58.2 Å². The Morgan fingerprint density at radius 2 is 1.18 bits per heavy atom. The molecule has 5 aliphatic rings. The Morgan fingerprint density at radius 3 is 1.75 bits per heavy atom. The third-order valence-corrected chi connectivity index (χ3v) is 22.5. The lowest BCUT2D eigenvalue weighted by Crippen LogP contribution is -2.53. The molecule has 20 heteroatoms. The molecule has 4 unspecified atom stereocenters. The van der Waals surface area contributed by atoms with Gasteiger partial charge >= 0.3 is 6.03 Å². The van der Waals surface area contributed by atoms with Gasteiger partial charge in [0.2, 0.25) is 0 Å². The van der Waals surface area contributed by atoms with Crippen molar-refractivity contribution in [3.63, 3.8) is 0 Å². The standard InChI is InChI=1S/C28H23Cl3N4O.C27H23Cl2N3OS.C25H34N4O/c1-17(24-7-2-3-14-32-24)33-28(36)26-22-6-4-5-19(15-18-8-10-20(29)11-9-18)27(22)35(34-26)25-13-12-21(30)16-23(25)31;1-17(19-6-3-2-4-7-19)30-27(33)25-22-9-5-8-20(14-18-12-13-34-16-18)26(22)32(31-25)24-11-10-21(28)15-23(24)29;1-24(2)18-13-14-25(3,15-18)22(24)27-23(30)26-21-19-11-7-8-12-20(19)29(28-21)16-17-9-5-4-6-10-17/h2-3,7-17H,4-6H2,1H3,(H,33,36);2-4,6-7,10-17H,5,8-9H2,1H3,(H,30,33);4-6,9-10,18,22H,7-8,11-16H2,1-3H3,(H2,26,27,28,30)/b19-15+;20-14+;/t;17-;/m.1./s1. The summed E-state index contributed by atoms with van der Waals surface area (Å²) in [5.74, 6) is 1.03. The zero-order chi connectivity index (χ0) is 69.8. The number of halogens is 5.